The maximum absolute atomic E-state index is 11.6. The Morgan fingerprint density at radius 2 is 2.40 bits per heavy atom. The zero-order chi connectivity index (χ0) is 10.8. The van der Waals surface area contributed by atoms with Gasteiger partial charge in [0.25, 0.3) is 0 Å². The van der Waals surface area contributed by atoms with Crippen molar-refractivity contribution in [1.82, 2.24) is 0 Å². The summed E-state index contributed by atoms with van der Waals surface area (Å²) in [4.78, 5) is 11.6. The molecule has 80 valence electrons. The fourth-order valence-corrected chi connectivity index (χ4v) is 2.16. The van der Waals surface area contributed by atoms with Crippen molar-refractivity contribution in [2.45, 2.75) is 19.3 Å². The summed E-state index contributed by atoms with van der Waals surface area (Å²) in [5.41, 5.74) is 8.94. The zero-order valence-electron chi connectivity index (χ0n) is 8.92. The molecule has 0 spiro atoms. The second-order valence-electron chi connectivity index (χ2n) is 3.84. The number of carbonyl (C=O) groups is 1. The van der Waals surface area contributed by atoms with Crippen molar-refractivity contribution in [2.75, 3.05) is 18.4 Å². The number of fused-ring (bicyclic) bond motifs is 1. The van der Waals surface area contributed by atoms with Gasteiger partial charge in [-0.3, -0.25) is 4.79 Å². The molecule has 3 heteroatoms. The normalized spacial score (nSPS) is 18.4. The third-order valence-corrected chi connectivity index (χ3v) is 3.01. The minimum absolute atomic E-state index is 0.0449. The molecule has 1 aromatic rings. The van der Waals surface area contributed by atoms with Gasteiger partial charge in [0.1, 0.15) is 0 Å². The molecule has 15 heavy (non-hydrogen) atoms. The van der Waals surface area contributed by atoms with Crippen molar-refractivity contribution >= 4 is 11.5 Å². The van der Waals surface area contributed by atoms with Crippen LogP contribution in [0.1, 0.15) is 24.0 Å². The second kappa shape index (κ2) is 4.03. The van der Waals surface area contributed by atoms with Gasteiger partial charge < -0.3 is 11.1 Å². The van der Waals surface area contributed by atoms with E-state index < -0.39 is 0 Å². The molecule has 0 amide bonds. The van der Waals surface area contributed by atoms with E-state index >= 15 is 0 Å². The summed E-state index contributed by atoms with van der Waals surface area (Å²) in [6, 6.07) is 6.13. The van der Waals surface area contributed by atoms with Crippen LogP contribution >= 0.6 is 0 Å². The summed E-state index contributed by atoms with van der Waals surface area (Å²) in [5.74, 6) is 0.0750. The van der Waals surface area contributed by atoms with Crippen LogP contribution in [0.15, 0.2) is 18.2 Å². The molecular formula is C12H16N2O. The van der Waals surface area contributed by atoms with Gasteiger partial charge in [-0.2, -0.15) is 0 Å². The van der Waals surface area contributed by atoms with Crippen LogP contribution in [0, 0.1) is 0 Å². The van der Waals surface area contributed by atoms with Crippen LogP contribution in [0.25, 0.3) is 0 Å². The first-order chi connectivity index (χ1) is 7.27. The SMILES string of the molecule is CCc1cccc2c1NCC2C(=O)CN. The Labute approximate surface area is 89.7 Å². The van der Waals surface area contributed by atoms with Crippen LogP contribution in [-0.2, 0) is 11.2 Å². The predicted octanol–water partition coefficient (Wildman–Crippen LogP) is 1.29. The Bertz CT molecular complexity index is 387. The molecule has 0 radical (unpaired) electrons. The van der Waals surface area contributed by atoms with Gasteiger partial charge in [-0.25, -0.2) is 0 Å². The molecule has 0 bridgehead atoms. The summed E-state index contributed by atoms with van der Waals surface area (Å²) in [6.45, 7) is 2.94. The third-order valence-electron chi connectivity index (χ3n) is 3.01. The number of ketones is 1. The van der Waals surface area contributed by atoms with E-state index in [9.17, 15) is 4.79 Å². The number of hydrogen-bond donors (Lipinski definition) is 2. The Morgan fingerprint density at radius 1 is 1.60 bits per heavy atom. The Hall–Kier alpha value is -1.35. The molecule has 3 nitrogen and oxygen atoms in total. The molecule has 1 aromatic carbocycles. The van der Waals surface area contributed by atoms with Gasteiger partial charge >= 0.3 is 0 Å². The molecule has 1 aliphatic heterocycles. The van der Waals surface area contributed by atoms with Crippen molar-refractivity contribution < 1.29 is 4.79 Å². The second-order valence-corrected chi connectivity index (χ2v) is 3.84. The monoisotopic (exact) mass is 204 g/mol. The first-order valence-corrected chi connectivity index (χ1v) is 5.36. The van der Waals surface area contributed by atoms with E-state index in [1.807, 2.05) is 12.1 Å². The van der Waals surface area contributed by atoms with Gasteiger partial charge in [0, 0.05) is 12.2 Å². The number of rotatable bonds is 3. The van der Waals surface area contributed by atoms with Crippen molar-refractivity contribution in [3.8, 4) is 0 Å². The smallest absolute Gasteiger partial charge is 0.155 e. The summed E-state index contributed by atoms with van der Waals surface area (Å²) in [6.07, 6.45) is 0.986. The lowest BCUT2D eigenvalue weighted by molar-refractivity contribution is -0.118. The molecule has 2 rings (SSSR count). The first-order valence-electron chi connectivity index (χ1n) is 5.36. The summed E-state index contributed by atoms with van der Waals surface area (Å²) < 4.78 is 0. The number of anilines is 1. The number of hydrogen-bond acceptors (Lipinski definition) is 3. The van der Waals surface area contributed by atoms with Gasteiger partial charge in [0.2, 0.25) is 0 Å². The van der Waals surface area contributed by atoms with Gasteiger partial charge in [-0.05, 0) is 17.5 Å². The molecule has 0 saturated carbocycles. The molecule has 0 aliphatic carbocycles. The van der Waals surface area contributed by atoms with Gasteiger partial charge in [-0.1, -0.05) is 25.1 Å². The van der Waals surface area contributed by atoms with E-state index in [-0.39, 0.29) is 18.2 Å². The fourth-order valence-electron chi connectivity index (χ4n) is 2.16. The van der Waals surface area contributed by atoms with E-state index in [1.54, 1.807) is 0 Å². The lowest BCUT2D eigenvalue weighted by Gasteiger charge is -2.08. The average molecular weight is 204 g/mol. The maximum Gasteiger partial charge on any atom is 0.155 e. The van der Waals surface area contributed by atoms with Crippen LogP contribution in [0.3, 0.4) is 0 Å². The van der Waals surface area contributed by atoms with Crippen molar-refractivity contribution in [1.29, 1.82) is 0 Å². The molecule has 1 heterocycles. The van der Waals surface area contributed by atoms with Crippen LogP contribution in [0.5, 0.6) is 0 Å². The van der Waals surface area contributed by atoms with Crippen molar-refractivity contribution in [2.24, 2.45) is 5.73 Å². The predicted molar refractivity (Wildman–Crippen MR) is 61.1 cm³/mol. The van der Waals surface area contributed by atoms with Gasteiger partial charge in [0.15, 0.2) is 5.78 Å². The molecule has 1 atom stereocenters. The molecular weight excluding hydrogens is 188 g/mol. The van der Waals surface area contributed by atoms with E-state index in [4.69, 9.17) is 5.73 Å². The molecule has 0 fully saturated rings. The number of nitrogens with two attached hydrogens (primary N) is 1. The third kappa shape index (κ3) is 1.63. The molecule has 1 unspecified atom stereocenters. The van der Waals surface area contributed by atoms with Crippen LogP contribution in [0.2, 0.25) is 0 Å². The van der Waals surface area contributed by atoms with Crippen LogP contribution < -0.4 is 11.1 Å². The van der Waals surface area contributed by atoms with Crippen molar-refractivity contribution in [3.63, 3.8) is 0 Å². The molecule has 3 N–H and O–H groups in total. The van der Waals surface area contributed by atoms with E-state index in [2.05, 4.69) is 18.3 Å². The minimum atomic E-state index is -0.0449. The minimum Gasteiger partial charge on any atom is -0.384 e. The Balaban J connectivity index is 2.39. The van der Waals surface area contributed by atoms with Crippen LogP contribution in [0.4, 0.5) is 5.69 Å². The standard InChI is InChI=1S/C12H16N2O/c1-2-8-4-3-5-9-10(11(15)6-13)7-14-12(8)9/h3-5,10,14H,2,6-7,13H2,1H3. The first kappa shape index (κ1) is 10.2. The van der Waals surface area contributed by atoms with Crippen molar-refractivity contribution in [3.05, 3.63) is 29.3 Å². The van der Waals surface area contributed by atoms with E-state index in [0.29, 0.717) is 6.54 Å². The fraction of sp³-hybridized carbons (Fsp3) is 0.417. The summed E-state index contributed by atoms with van der Waals surface area (Å²) >= 11 is 0. The Kier molecular flexibility index (Phi) is 2.73. The lowest BCUT2D eigenvalue weighted by Crippen LogP contribution is -2.22. The van der Waals surface area contributed by atoms with Gasteiger partial charge in [0.05, 0.1) is 12.5 Å². The number of aryl methyl sites for hydroxylation is 1. The van der Waals surface area contributed by atoms with Gasteiger partial charge in [-0.15, -0.1) is 0 Å². The quantitative estimate of drug-likeness (QED) is 0.780. The maximum atomic E-state index is 11.6. The molecule has 0 saturated heterocycles. The highest BCUT2D eigenvalue weighted by Gasteiger charge is 2.28. The summed E-state index contributed by atoms with van der Waals surface area (Å²) in [5, 5.41) is 3.31. The topological polar surface area (TPSA) is 55.1 Å². The Morgan fingerprint density at radius 3 is 3.07 bits per heavy atom. The lowest BCUT2D eigenvalue weighted by atomic mass is 9.95. The largest absolute Gasteiger partial charge is 0.384 e. The summed E-state index contributed by atoms with van der Waals surface area (Å²) in [7, 11) is 0. The van der Waals surface area contributed by atoms with Crippen LogP contribution in [-0.4, -0.2) is 18.9 Å². The number of benzene rings is 1. The number of carbonyl (C=O) groups excluding carboxylic acids is 1. The highest BCUT2D eigenvalue weighted by atomic mass is 16.1. The number of nitrogens with one attached hydrogen (secondary N) is 1. The molecule has 0 aromatic heterocycles. The zero-order valence-corrected chi connectivity index (χ0v) is 8.92. The highest BCUT2D eigenvalue weighted by molar-refractivity contribution is 5.91. The number of para-hydroxylation sites is 1. The van der Waals surface area contributed by atoms with E-state index in [0.717, 1.165) is 17.7 Å². The van der Waals surface area contributed by atoms with E-state index in [1.165, 1.54) is 5.56 Å². The highest BCUT2D eigenvalue weighted by Crippen LogP contribution is 2.34. The average Bonchev–Trinajstić information content (AvgIpc) is 2.71. The molecule has 1 aliphatic rings. The number of Topliss-reactive ketones (excluding diaryl/α,β-unsaturated/α-hetero) is 1.